The molecule has 0 spiro atoms. The summed E-state index contributed by atoms with van der Waals surface area (Å²) in [5.41, 5.74) is 0. The lowest BCUT2D eigenvalue weighted by atomic mass is 10.1. The quantitative estimate of drug-likeness (QED) is 0.738. The van der Waals surface area contributed by atoms with Crippen LogP contribution in [-0.2, 0) is 9.47 Å². The molecule has 0 aliphatic heterocycles. The summed E-state index contributed by atoms with van der Waals surface area (Å²) in [5.74, 6) is 0.756. The van der Waals surface area contributed by atoms with Gasteiger partial charge in [0, 0.05) is 19.6 Å². The van der Waals surface area contributed by atoms with E-state index in [1.165, 1.54) is 0 Å². The van der Waals surface area contributed by atoms with Crippen LogP contribution < -0.4 is 4.74 Å². The van der Waals surface area contributed by atoms with Crippen LogP contribution in [0.1, 0.15) is 0 Å². The first-order valence-electron chi connectivity index (χ1n) is 5.05. The SMILES string of the molecule is COC(OC)Oc1cccc2ccccc12. The predicted molar refractivity (Wildman–Crippen MR) is 62.4 cm³/mol. The van der Waals surface area contributed by atoms with Gasteiger partial charge in [0.15, 0.2) is 0 Å². The molecule has 0 N–H and O–H groups in total. The summed E-state index contributed by atoms with van der Waals surface area (Å²) in [6, 6.07) is 13.9. The zero-order valence-electron chi connectivity index (χ0n) is 9.34. The molecule has 0 saturated carbocycles. The third-order valence-electron chi connectivity index (χ3n) is 2.36. The van der Waals surface area contributed by atoms with Crippen molar-refractivity contribution < 1.29 is 14.2 Å². The van der Waals surface area contributed by atoms with Gasteiger partial charge >= 0.3 is 6.48 Å². The lowest BCUT2D eigenvalue weighted by molar-refractivity contribution is -0.218. The van der Waals surface area contributed by atoms with E-state index >= 15 is 0 Å². The average molecular weight is 218 g/mol. The van der Waals surface area contributed by atoms with Crippen LogP contribution >= 0.6 is 0 Å². The molecule has 2 rings (SSSR count). The molecule has 3 nitrogen and oxygen atoms in total. The second kappa shape index (κ2) is 4.96. The Hall–Kier alpha value is -1.58. The van der Waals surface area contributed by atoms with Gasteiger partial charge in [-0.2, -0.15) is 0 Å². The Balaban J connectivity index is 2.36. The molecule has 0 heterocycles. The second-order valence-corrected chi connectivity index (χ2v) is 3.36. The normalized spacial score (nSPS) is 10.9. The maximum atomic E-state index is 5.58. The van der Waals surface area contributed by atoms with Gasteiger partial charge in [-0.05, 0) is 11.5 Å². The van der Waals surface area contributed by atoms with Gasteiger partial charge in [-0.15, -0.1) is 0 Å². The van der Waals surface area contributed by atoms with Crippen molar-refractivity contribution in [1.29, 1.82) is 0 Å². The van der Waals surface area contributed by atoms with E-state index in [-0.39, 0.29) is 0 Å². The van der Waals surface area contributed by atoms with E-state index in [2.05, 4.69) is 0 Å². The first-order chi connectivity index (χ1) is 7.85. The molecule has 0 aromatic heterocycles. The molecule has 2 aromatic carbocycles. The summed E-state index contributed by atoms with van der Waals surface area (Å²) in [6.07, 6.45) is 0. The fraction of sp³-hybridized carbons (Fsp3) is 0.231. The zero-order valence-corrected chi connectivity index (χ0v) is 9.34. The van der Waals surface area contributed by atoms with Crippen LogP contribution in [0.5, 0.6) is 5.75 Å². The summed E-state index contributed by atoms with van der Waals surface area (Å²) >= 11 is 0. The fourth-order valence-electron chi connectivity index (χ4n) is 1.59. The van der Waals surface area contributed by atoms with Crippen molar-refractivity contribution in [2.75, 3.05) is 14.2 Å². The second-order valence-electron chi connectivity index (χ2n) is 3.36. The van der Waals surface area contributed by atoms with Crippen LogP contribution in [0.4, 0.5) is 0 Å². The highest BCUT2D eigenvalue weighted by Gasteiger charge is 2.08. The minimum absolute atomic E-state index is 0.675. The largest absolute Gasteiger partial charge is 0.441 e. The number of hydrogen-bond donors (Lipinski definition) is 0. The molecule has 0 saturated heterocycles. The van der Waals surface area contributed by atoms with Crippen molar-refractivity contribution >= 4 is 10.8 Å². The maximum Gasteiger partial charge on any atom is 0.315 e. The first kappa shape index (κ1) is 10.9. The molecular formula is C13H14O3. The van der Waals surface area contributed by atoms with Crippen LogP contribution in [0.25, 0.3) is 10.8 Å². The highest BCUT2D eigenvalue weighted by atomic mass is 16.8. The van der Waals surface area contributed by atoms with E-state index in [0.29, 0.717) is 0 Å². The molecule has 0 aliphatic rings. The molecule has 16 heavy (non-hydrogen) atoms. The molecule has 0 atom stereocenters. The highest BCUT2D eigenvalue weighted by Crippen LogP contribution is 2.26. The Morgan fingerprint density at radius 2 is 1.56 bits per heavy atom. The van der Waals surface area contributed by atoms with Crippen LogP contribution in [0.15, 0.2) is 42.5 Å². The monoisotopic (exact) mass is 218 g/mol. The van der Waals surface area contributed by atoms with E-state index in [0.717, 1.165) is 16.5 Å². The Bertz CT molecular complexity index is 458. The van der Waals surface area contributed by atoms with E-state index in [1.807, 2.05) is 42.5 Å². The van der Waals surface area contributed by atoms with Gasteiger partial charge in [0.2, 0.25) is 0 Å². The summed E-state index contributed by atoms with van der Waals surface area (Å²) in [4.78, 5) is 0. The van der Waals surface area contributed by atoms with Crippen molar-refractivity contribution in [3.8, 4) is 5.75 Å². The summed E-state index contributed by atoms with van der Waals surface area (Å²) in [7, 11) is 3.08. The fourth-order valence-corrected chi connectivity index (χ4v) is 1.59. The number of ether oxygens (including phenoxy) is 3. The average Bonchev–Trinajstić information content (AvgIpc) is 2.36. The van der Waals surface area contributed by atoms with Gasteiger partial charge in [-0.1, -0.05) is 36.4 Å². The van der Waals surface area contributed by atoms with Gasteiger partial charge in [-0.25, -0.2) is 0 Å². The van der Waals surface area contributed by atoms with Crippen LogP contribution in [0, 0.1) is 0 Å². The molecule has 0 fully saturated rings. The van der Waals surface area contributed by atoms with Crippen LogP contribution in [-0.4, -0.2) is 20.7 Å². The Kier molecular flexibility index (Phi) is 3.39. The van der Waals surface area contributed by atoms with Crippen LogP contribution in [0.2, 0.25) is 0 Å². The molecule has 3 heteroatoms. The molecule has 84 valence electrons. The summed E-state index contributed by atoms with van der Waals surface area (Å²) < 4.78 is 15.6. The smallest absolute Gasteiger partial charge is 0.315 e. The lowest BCUT2D eigenvalue weighted by Gasteiger charge is -2.16. The van der Waals surface area contributed by atoms with Gasteiger partial charge in [0.05, 0.1) is 0 Å². The number of rotatable bonds is 4. The summed E-state index contributed by atoms with van der Waals surface area (Å²) in [6.45, 7) is -0.675. The first-order valence-corrected chi connectivity index (χ1v) is 5.05. The molecule has 0 radical (unpaired) electrons. The summed E-state index contributed by atoms with van der Waals surface area (Å²) in [5, 5.41) is 2.18. The van der Waals surface area contributed by atoms with Crippen molar-refractivity contribution in [1.82, 2.24) is 0 Å². The highest BCUT2D eigenvalue weighted by molar-refractivity contribution is 5.88. The number of benzene rings is 2. The standard InChI is InChI=1S/C13H14O3/c1-14-13(15-2)16-12-9-5-7-10-6-3-4-8-11(10)12/h3-9,13H,1-2H3. The predicted octanol–water partition coefficient (Wildman–Crippen LogP) is 2.80. The zero-order chi connectivity index (χ0) is 11.4. The van der Waals surface area contributed by atoms with Crippen molar-refractivity contribution in [2.45, 2.75) is 6.48 Å². The Labute approximate surface area is 94.5 Å². The number of fused-ring (bicyclic) bond motifs is 1. The van der Waals surface area contributed by atoms with E-state index in [4.69, 9.17) is 14.2 Å². The molecule has 0 aliphatic carbocycles. The van der Waals surface area contributed by atoms with Gasteiger partial charge in [-0.3, -0.25) is 0 Å². The lowest BCUT2D eigenvalue weighted by Crippen LogP contribution is -2.20. The Morgan fingerprint density at radius 3 is 2.31 bits per heavy atom. The molecule has 0 bridgehead atoms. The van der Waals surface area contributed by atoms with Gasteiger partial charge in [0.1, 0.15) is 5.75 Å². The minimum Gasteiger partial charge on any atom is -0.441 e. The number of methoxy groups -OCH3 is 2. The molecular weight excluding hydrogens is 204 g/mol. The third kappa shape index (κ3) is 2.15. The maximum absolute atomic E-state index is 5.58. The number of hydrogen-bond acceptors (Lipinski definition) is 3. The van der Waals surface area contributed by atoms with Gasteiger partial charge in [0.25, 0.3) is 0 Å². The van der Waals surface area contributed by atoms with Crippen LogP contribution in [0.3, 0.4) is 0 Å². The topological polar surface area (TPSA) is 27.7 Å². The van der Waals surface area contributed by atoms with Crippen molar-refractivity contribution in [3.05, 3.63) is 42.5 Å². The molecule has 2 aromatic rings. The Morgan fingerprint density at radius 1 is 0.875 bits per heavy atom. The minimum atomic E-state index is -0.675. The van der Waals surface area contributed by atoms with Crippen molar-refractivity contribution in [2.24, 2.45) is 0 Å². The molecule has 0 unspecified atom stereocenters. The van der Waals surface area contributed by atoms with E-state index in [9.17, 15) is 0 Å². The van der Waals surface area contributed by atoms with E-state index in [1.54, 1.807) is 14.2 Å². The van der Waals surface area contributed by atoms with Gasteiger partial charge < -0.3 is 14.2 Å². The van der Waals surface area contributed by atoms with Crippen molar-refractivity contribution in [3.63, 3.8) is 0 Å². The molecule has 0 amide bonds. The third-order valence-corrected chi connectivity index (χ3v) is 2.36. The van der Waals surface area contributed by atoms with E-state index < -0.39 is 6.48 Å².